The highest BCUT2D eigenvalue weighted by Crippen LogP contribution is 2.29. The van der Waals surface area contributed by atoms with Crippen LogP contribution in [0, 0.1) is 0 Å². The zero-order valence-corrected chi connectivity index (χ0v) is 19.6. The molecular weight excluding hydrogens is 450 g/mol. The Morgan fingerprint density at radius 2 is 1.74 bits per heavy atom. The SMILES string of the molecule is COc1cc2ncn(CC(=O)NCCC(=O)NCCc3c[nH]c4ccccc34)c(=O)c2cc1OC. The van der Waals surface area contributed by atoms with Gasteiger partial charge in [-0.2, -0.15) is 0 Å². The van der Waals surface area contributed by atoms with Crippen molar-refractivity contribution in [2.45, 2.75) is 19.4 Å². The maximum atomic E-state index is 12.8. The molecule has 2 aromatic heterocycles. The molecule has 0 radical (unpaired) electrons. The van der Waals surface area contributed by atoms with E-state index in [0.29, 0.717) is 35.4 Å². The topological polar surface area (TPSA) is 127 Å². The minimum atomic E-state index is -0.389. The Morgan fingerprint density at radius 1 is 1.00 bits per heavy atom. The van der Waals surface area contributed by atoms with Gasteiger partial charge in [-0.05, 0) is 24.1 Å². The summed E-state index contributed by atoms with van der Waals surface area (Å²) in [6.45, 7) is 0.456. The third-order valence-corrected chi connectivity index (χ3v) is 5.71. The van der Waals surface area contributed by atoms with Crippen molar-refractivity contribution in [3.8, 4) is 11.5 Å². The highest BCUT2D eigenvalue weighted by molar-refractivity contribution is 5.84. The van der Waals surface area contributed by atoms with E-state index < -0.39 is 0 Å². The molecule has 0 atom stereocenters. The maximum absolute atomic E-state index is 12.8. The van der Waals surface area contributed by atoms with Crippen molar-refractivity contribution >= 4 is 33.6 Å². The van der Waals surface area contributed by atoms with E-state index in [4.69, 9.17) is 9.47 Å². The summed E-state index contributed by atoms with van der Waals surface area (Å²) in [5, 5.41) is 6.99. The Kier molecular flexibility index (Phi) is 7.30. The molecule has 2 amide bonds. The van der Waals surface area contributed by atoms with Crippen molar-refractivity contribution in [1.82, 2.24) is 25.2 Å². The van der Waals surface area contributed by atoms with E-state index >= 15 is 0 Å². The summed E-state index contributed by atoms with van der Waals surface area (Å²) in [7, 11) is 2.98. The van der Waals surface area contributed by atoms with Gasteiger partial charge in [0.15, 0.2) is 11.5 Å². The van der Waals surface area contributed by atoms with Crippen molar-refractivity contribution in [2.75, 3.05) is 27.3 Å². The van der Waals surface area contributed by atoms with Gasteiger partial charge in [-0.3, -0.25) is 19.0 Å². The molecule has 4 rings (SSSR count). The molecule has 10 heteroatoms. The zero-order valence-electron chi connectivity index (χ0n) is 19.6. The van der Waals surface area contributed by atoms with E-state index in [1.807, 2.05) is 30.5 Å². The molecule has 0 saturated carbocycles. The number of hydrogen-bond acceptors (Lipinski definition) is 6. The number of aromatic nitrogens is 3. The van der Waals surface area contributed by atoms with Crippen LogP contribution in [0.1, 0.15) is 12.0 Å². The van der Waals surface area contributed by atoms with Crippen LogP contribution in [-0.2, 0) is 22.6 Å². The summed E-state index contributed by atoms with van der Waals surface area (Å²) in [6, 6.07) is 11.2. The van der Waals surface area contributed by atoms with Gasteiger partial charge in [0.05, 0.1) is 31.4 Å². The van der Waals surface area contributed by atoms with E-state index in [2.05, 4.69) is 20.6 Å². The summed E-state index contributed by atoms with van der Waals surface area (Å²) in [6.07, 6.45) is 4.11. The van der Waals surface area contributed by atoms with Gasteiger partial charge < -0.3 is 25.1 Å². The highest BCUT2D eigenvalue weighted by atomic mass is 16.5. The first-order valence-electron chi connectivity index (χ1n) is 11.2. The predicted molar refractivity (Wildman–Crippen MR) is 132 cm³/mol. The molecule has 10 nitrogen and oxygen atoms in total. The lowest BCUT2D eigenvalue weighted by molar-refractivity contribution is -0.122. The molecule has 0 spiro atoms. The van der Waals surface area contributed by atoms with Crippen molar-refractivity contribution in [3.63, 3.8) is 0 Å². The van der Waals surface area contributed by atoms with Crippen LogP contribution in [0.3, 0.4) is 0 Å². The maximum Gasteiger partial charge on any atom is 0.261 e. The molecular formula is C25H27N5O5. The van der Waals surface area contributed by atoms with Crippen LogP contribution in [0.25, 0.3) is 21.8 Å². The lowest BCUT2D eigenvalue weighted by Gasteiger charge is -2.11. The number of para-hydroxylation sites is 1. The average molecular weight is 478 g/mol. The molecule has 0 fully saturated rings. The largest absolute Gasteiger partial charge is 0.493 e. The molecule has 0 bridgehead atoms. The van der Waals surface area contributed by atoms with E-state index in [-0.39, 0.29) is 36.9 Å². The van der Waals surface area contributed by atoms with E-state index in [1.54, 1.807) is 12.1 Å². The summed E-state index contributed by atoms with van der Waals surface area (Å²) in [5.74, 6) is 0.315. The number of nitrogens with one attached hydrogen (secondary N) is 3. The molecule has 4 aromatic rings. The van der Waals surface area contributed by atoms with E-state index in [0.717, 1.165) is 16.5 Å². The van der Waals surface area contributed by atoms with Crippen molar-refractivity contribution in [2.24, 2.45) is 0 Å². The van der Waals surface area contributed by atoms with Gasteiger partial charge in [0.1, 0.15) is 6.54 Å². The number of nitrogens with zero attached hydrogens (tertiary/aromatic N) is 2. The summed E-state index contributed by atoms with van der Waals surface area (Å²) in [4.78, 5) is 44.7. The fraction of sp³-hybridized carbons (Fsp3) is 0.280. The predicted octanol–water partition coefficient (Wildman–Crippen LogP) is 1.76. The first-order valence-corrected chi connectivity index (χ1v) is 11.2. The molecule has 0 saturated heterocycles. The lowest BCUT2D eigenvalue weighted by Crippen LogP contribution is -2.35. The fourth-order valence-corrected chi connectivity index (χ4v) is 3.89. The Bertz CT molecular complexity index is 1430. The molecule has 2 heterocycles. The average Bonchev–Trinajstić information content (AvgIpc) is 3.28. The van der Waals surface area contributed by atoms with Gasteiger partial charge in [0.25, 0.3) is 5.56 Å². The van der Waals surface area contributed by atoms with Gasteiger partial charge >= 0.3 is 0 Å². The first kappa shape index (κ1) is 23.8. The van der Waals surface area contributed by atoms with Crippen LogP contribution < -0.4 is 25.7 Å². The highest BCUT2D eigenvalue weighted by Gasteiger charge is 2.13. The van der Waals surface area contributed by atoms with Crippen molar-refractivity contribution < 1.29 is 19.1 Å². The number of rotatable bonds is 10. The van der Waals surface area contributed by atoms with Crippen molar-refractivity contribution in [3.05, 3.63) is 64.8 Å². The smallest absolute Gasteiger partial charge is 0.261 e. The van der Waals surface area contributed by atoms with Gasteiger partial charge in [-0.25, -0.2) is 4.98 Å². The van der Waals surface area contributed by atoms with Gasteiger partial charge in [0, 0.05) is 42.7 Å². The molecule has 0 unspecified atom stereocenters. The van der Waals surface area contributed by atoms with Gasteiger partial charge in [0.2, 0.25) is 11.8 Å². The zero-order chi connectivity index (χ0) is 24.8. The number of carbonyl (C=O) groups excluding carboxylic acids is 2. The van der Waals surface area contributed by atoms with Gasteiger partial charge in [-0.15, -0.1) is 0 Å². The number of ether oxygens (including phenoxy) is 2. The second kappa shape index (κ2) is 10.7. The summed E-state index contributed by atoms with van der Waals surface area (Å²) >= 11 is 0. The number of amides is 2. The van der Waals surface area contributed by atoms with Crippen LogP contribution in [0.2, 0.25) is 0 Å². The number of hydrogen-bond donors (Lipinski definition) is 3. The third kappa shape index (κ3) is 5.43. The van der Waals surface area contributed by atoms with Crippen LogP contribution >= 0.6 is 0 Å². The Morgan fingerprint density at radius 3 is 2.54 bits per heavy atom. The Labute approximate surface area is 201 Å². The number of aromatic amines is 1. The molecule has 182 valence electrons. The minimum Gasteiger partial charge on any atom is -0.493 e. The molecule has 0 aliphatic heterocycles. The fourth-order valence-electron chi connectivity index (χ4n) is 3.89. The van der Waals surface area contributed by atoms with Crippen LogP contribution in [0.5, 0.6) is 11.5 Å². The number of fused-ring (bicyclic) bond motifs is 2. The molecule has 0 aliphatic rings. The summed E-state index contributed by atoms with van der Waals surface area (Å²) in [5.41, 5.74) is 2.27. The second-order valence-corrected chi connectivity index (χ2v) is 7.96. The van der Waals surface area contributed by atoms with E-state index in [1.165, 1.54) is 25.1 Å². The van der Waals surface area contributed by atoms with E-state index in [9.17, 15) is 14.4 Å². The number of benzene rings is 2. The standard InChI is InChI=1S/C25H27N5O5/c1-34-21-11-18-20(12-22(21)35-2)29-15-30(25(18)33)14-24(32)27-10-8-23(31)26-9-7-16-13-28-19-6-4-3-5-17(16)19/h3-6,11-13,15,28H,7-10,14H2,1-2H3,(H,26,31)(H,27,32). The first-order chi connectivity index (χ1) is 17.0. The molecule has 0 aliphatic carbocycles. The van der Waals surface area contributed by atoms with Crippen LogP contribution in [0.4, 0.5) is 0 Å². The van der Waals surface area contributed by atoms with Crippen LogP contribution in [-0.4, -0.2) is 53.7 Å². The Hall–Kier alpha value is -4.34. The number of methoxy groups -OCH3 is 2. The quantitative estimate of drug-likeness (QED) is 0.319. The molecule has 3 N–H and O–H groups in total. The number of carbonyl (C=O) groups is 2. The minimum absolute atomic E-state index is 0.140. The Balaban J connectivity index is 1.25. The monoisotopic (exact) mass is 477 g/mol. The summed E-state index contributed by atoms with van der Waals surface area (Å²) < 4.78 is 11.7. The van der Waals surface area contributed by atoms with Crippen LogP contribution in [0.15, 0.2) is 53.7 Å². The second-order valence-electron chi connectivity index (χ2n) is 7.96. The number of H-pyrrole nitrogens is 1. The normalized spacial score (nSPS) is 10.9. The van der Waals surface area contributed by atoms with Crippen molar-refractivity contribution in [1.29, 1.82) is 0 Å². The molecule has 2 aromatic carbocycles. The third-order valence-electron chi connectivity index (χ3n) is 5.71. The molecule has 35 heavy (non-hydrogen) atoms. The van der Waals surface area contributed by atoms with Gasteiger partial charge in [-0.1, -0.05) is 18.2 Å². The lowest BCUT2D eigenvalue weighted by atomic mass is 10.1.